The van der Waals surface area contributed by atoms with E-state index in [4.69, 9.17) is 9.47 Å². The van der Waals surface area contributed by atoms with E-state index in [1.165, 1.54) is 32.1 Å². The number of ether oxygens (including phenoxy) is 2. The van der Waals surface area contributed by atoms with E-state index in [1.54, 1.807) is 6.20 Å². The highest BCUT2D eigenvalue weighted by Gasteiger charge is 2.20. The summed E-state index contributed by atoms with van der Waals surface area (Å²) in [5.41, 5.74) is 3.37. The molecule has 1 atom stereocenters. The van der Waals surface area contributed by atoms with E-state index in [0.29, 0.717) is 18.4 Å². The highest BCUT2D eigenvalue weighted by atomic mass is 35.5. The summed E-state index contributed by atoms with van der Waals surface area (Å²) in [6, 6.07) is 6.20. The second-order valence-corrected chi connectivity index (χ2v) is 9.43. The monoisotopic (exact) mass is 481 g/mol. The number of pyridine rings is 1. The summed E-state index contributed by atoms with van der Waals surface area (Å²) in [4.78, 5) is 13.7. The average molecular weight is 482 g/mol. The predicted octanol–water partition coefficient (Wildman–Crippen LogP) is 5.48. The lowest BCUT2D eigenvalue weighted by Crippen LogP contribution is -2.11. The van der Waals surface area contributed by atoms with Crippen molar-refractivity contribution >= 4 is 23.4 Å². The van der Waals surface area contributed by atoms with Gasteiger partial charge < -0.3 is 14.0 Å². The first-order chi connectivity index (χ1) is 16.2. The molecule has 2 fully saturated rings. The van der Waals surface area contributed by atoms with Crippen LogP contribution in [0.1, 0.15) is 56.3 Å². The van der Waals surface area contributed by atoms with Crippen LogP contribution in [0.3, 0.4) is 0 Å². The third-order valence-corrected chi connectivity index (χ3v) is 6.99. The van der Waals surface area contributed by atoms with Crippen molar-refractivity contribution in [3.05, 3.63) is 35.9 Å². The highest BCUT2D eigenvalue weighted by Crippen LogP contribution is 2.31. The standard InChI is InChI=1S/C26H31N5O2.ClH/c1-18-13-21(15-28-26(18)33-12-9-19-5-3-2-4-6-19)24-22-7-10-31(16-20-8-11-32-17-20)25(22)30-23(14-27)29-24;/h7,10,13,15,19-20H,2-6,8-9,11-12,16-17H2,1H3;1H. The minimum atomic E-state index is 0. The van der Waals surface area contributed by atoms with E-state index < -0.39 is 0 Å². The highest BCUT2D eigenvalue weighted by molar-refractivity contribution is 5.91. The molecule has 0 spiro atoms. The maximum Gasteiger partial charge on any atom is 0.234 e. The zero-order valence-corrected chi connectivity index (χ0v) is 20.5. The number of aryl methyl sites for hydroxylation is 1. The lowest BCUT2D eigenvalue weighted by Gasteiger charge is -2.21. The maximum absolute atomic E-state index is 9.54. The number of rotatable bonds is 7. The zero-order chi connectivity index (χ0) is 22.6. The van der Waals surface area contributed by atoms with Crippen molar-refractivity contribution in [3.8, 4) is 23.2 Å². The smallest absolute Gasteiger partial charge is 0.234 e. The van der Waals surface area contributed by atoms with Crippen LogP contribution >= 0.6 is 12.4 Å². The van der Waals surface area contributed by atoms with Crippen LogP contribution in [-0.2, 0) is 11.3 Å². The van der Waals surface area contributed by atoms with Gasteiger partial charge >= 0.3 is 0 Å². The molecule has 0 bridgehead atoms. The second-order valence-electron chi connectivity index (χ2n) is 9.43. The van der Waals surface area contributed by atoms with Gasteiger partial charge in [0.25, 0.3) is 0 Å². The molecule has 34 heavy (non-hydrogen) atoms. The van der Waals surface area contributed by atoms with Gasteiger partial charge in [0.15, 0.2) is 0 Å². The van der Waals surface area contributed by atoms with Crippen molar-refractivity contribution in [3.63, 3.8) is 0 Å². The number of nitrogens with zero attached hydrogens (tertiary/aromatic N) is 5. The normalized spacial score (nSPS) is 18.5. The van der Waals surface area contributed by atoms with Gasteiger partial charge in [0.2, 0.25) is 11.7 Å². The summed E-state index contributed by atoms with van der Waals surface area (Å²) in [7, 11) is 0. The number of fused-ring (bicyclic) bond motifs is 1. The van der Waals surface area contributed by atoms with Crippen LogP contribution in [0.4, 0.5) is 0 Å². The van der Waals surface area contributed by atoms with E-state index in [1.807, 2.05) is 25.3 Å². The molecule has 7 nitrogen and oxygen atoms in total. The molecule has 5 rings (SSSR count). The summed E-state index contributed by atoms with van der Waals surface area (Å²) in [5.74, 6) is 2.11. The Morgan fingerprint density at radius 1 is 1.18 bits per heavy atom. The van der Waals surface area contributed by atoms with Crippen molar-refractivity contribution in [1.82, 2.24) is 19.5 Å². The summed E-state index contributed by atoms with van der Waals surface area (Å²) >= 11 is 0. The van der Waals surface area contributed by atoms with Crippen molar-refractivity contribution in [1.29, 1.82) is 5.26 Å². The first kappa shape index (κ1) is 24.4. The van der Waals surface area contributed by atoms with Crippen LogP contribution in [-0.4, -0.2) is 39.3 Å². The van der Waals surface area contributed by atoms with Crippen molar-refractivity contribution < 1.29 is 9.47 Å². The topological polar surface area (TPSA) is 85.9 Å². The number of nitriles is 1. The number of aromatic nitrogens is 4. The van der Waals surface area contributed by atoms with E-state index >= 15 is 0 Å². The molecule has 1 saturated carbocycles. The molecule has 2 aliphatic rings. The van der Waals surface area contributed by atoms with Crippen LogP contribution in [0.15, 0.2) is 24.5 Å². The van der Waals surface area contributed by atoms with Crippen molar-refractivity contribution in [2.45, 2.75) is 58.4 Å². The van der Waals surface area contributed by atoms with Gasteiger partial charge in [-0.15, -0.1) is 12.4 Å². The zero-order valence-electron chi connectivity index (χ0n) is 19.7. The Hall–Kier alpha value is -2.69. The van der Waals surface area contributed by atoms with Crippen LogP contribution in [0.25, 0.3) is 22.3 Å². The van der Waals surface area contributed by atoms with E-state index in [2.05, 4.69) is 25.6 Å². The second kappa shape index (κ2) is 11.2. The Morgan fingerprint density at radius 2 is 2.03 bits per heavy atom. The molecule has 1 unspecified atom stereocenters. The molecular formula is C26H32ClN5O2. The molecule has 4 heterocycles. The summed E-state index contributed by atoms with van der Waals surface area (Å²) < 4.78 is 13.7. The van der Waals surface area contributed by atoms with Gasteiger partial charge in [0, 0.05) is 48.0 Å². The van der Waals surface area contributed by atoms with Gasteiger partial charge in [-0.1, -0.05) is 32.1 Å². The molecule has 3 aromatic rings. The fourth-order valence-electron chi connectivity index (χ4n) is 5.13. The lowest BCUT2D eigenvalue weighted by molar-refractivity contribution is 0.182. The molecule has 0 radical (unpaired) electrons. The molecule has 0 aromatic carbocycles. The summed E-state index contributed by atoms with van der Waals surface area (Å²) in [5, 5.41) is 10.5. The molecule has 0 N–H and O–H groups in total. The Labute approximate surface area is 206 Å². The molecule has 1 aliphatic carbocycles. The van der Waals surface area contributed by atoms with Crippen LogP contribution in [0.2, 0.25) is 0 Å². The Bertz CT molecular complexity index is 1160. The summed E-state index contributed by atoms with van der Waals surface area (Å²) in [6.07, 6.45) is 12.7. The first-order valence-corrected chi connectivity index (χ1v) is 12.2. The minimum absolute atomic E-state index is 0. The first-order valence-electron chi connectivity index (χ1n) is 12.2. The van der Waals surface area contributed by atoms with Gasteiger partial charge in [-0.25, -0.2) is 15.0 Å². The fourth-order valence-corrected chi connectivity index (χ4v) is 5.13. The van der Waals surface area contributed by atoms with Crippen molar-refractivity contribution in [2.75, 3.05) is 19.8 Å². The van der Waals surface area contributed by atoms with Gasteiger partial charge in [-0.2, -0.15) is 5.26 Å². The largest absolute Gasteiger partial charge is 0.477 e. The number of hydrogen-bond donors (Lipinski definition) is 0. The van der Waals surface area contributed by atoms with Crippen molar-refractivity contribution in [2.24, 2.45) is 11.8 Å². The average Bonchev–Trinajstić information content (AvgIpc) is 3.51. The number of hydrogen-bond acceptors (Lipinski definition) is 6. The molecule has 1 aliphatic heterocycles. The van der Waals surface area contributed by atoms with Gasteiger partial charge in [-0.05, 0) is 37.8 Å². The lowest BCUT2D eigenvalue weighted by atomic mass is 9.87. The van der Waals surface area contributed by atoms with Crippen LogP contribution in [0.5, 0.6) is 5.88 Å². The molecule has 3 aromatic heterocycles. The maximum atomic E-state index is 9.54. The Balaban J connectivity index is 0.00000274. The predicted molar refractivity (Wildman–Crippen MR) is 133 cm³/mol. The SMILES string of the molecule is Cc1cc(-c2nc(C#N)nc3c2ccn3CC2CCOC2)cnc1OCCC1CCCCC1.Cl. The van der Waals surface area contributed by atoms with Gasteiger partial charge in [-0.3, -0.25) is 0 Å². The fraction of sp³-hybridized carbons (Fsp3) is 0.538. The third-order valence-electron chi connectivity index (χ3n) is 6.99. The molecule has 0 amide bonds. The van der Waals surface area contributed by atoms with E-state index in [9.17, 15) is 5.26 Å². The molecule has 8 heteroatoms. The minimum Gasteiger partial charge on any atom is -0.477 e. The molecular weight excluding hydrogens is 450 g/mol. The Kier molecular flexibility index (Phi) is 8.02. The third kappa shape index (κ3) is 5.34. The van der Waals surface area contributed by atoms with Gasteiger partial charge in [0.05, 0.1) is 18.9 Å². The van der Waals surface area contributed by atoms with E-state index in [0.717, 1.165) is 66.4 Å². The quantitative estimate of drug-likeness (QED) is 0.444. The molecule has 1 saturated heterocycles. The van der Waals surface area contributed by atoms with Gasteiger partial charge in [0.1, 0.15) is 11.7 Å². The number of halogens is 1. The van der Waals surface area contributed by atoms with E-state index in [-0.39, 0.29) is 18.2 Å². The molecule has 180 valence electrons. The Morgan fingerprint density at radius 3 is 2.76 bits per heavy atom. The summed E-state index contributed by atoms with van der Waals surface area (Å²) in [6.45, 7) is 5.14. The van der Waals surface area contributed by atoms with Crippen LogP contribution < -0.4 is 4.74 Å². The van der Waals surface area contributed by atoms with Crippen LogP contribution in [0, 0.1) is 30.1 Å².